The van der Waals surface area contributed by atoms with Gasteiger partial charge >= 0.3 is 5.97 Å². The highest BCUT2D eigenvalue weighted by molar-refractivity contribution is 6.34. The second-order valence-electron chi connectivity index (χ2n) is 5.34. The predicted molar refractivity (Wildman–Crippen MR) is 78.9 cm³/mol. The van der Waals surface area contributed by atoms with Crippen molar-refractivity contribution >= 4 is 28.9 Å². The normalized spacial score (nSPS) is 20.9. The number of nitrogen functional groups attached to an aromatic ring is 1. The molecule has 114 valence electrons. The molecule has 2 aliphatic rings. The fraction of sp³-hybridized carbons (Fsp3) is 0.500. The molecule has 0 amide bonds. The van der Waals surface area contributed by atoms with E-state index in [1.54, 1.807) is 6.07 Å². The van der Waals surface area contributed by atoms with E-state index in [1.807, 2.05) is 4.90 Å². The van der Waals surface area contributed by atoms with E-state index in [0.29, 0.717) is 42.7 Å². The lowest BCUT2D eigenvalue weighted by atomic mass is 10.0. The Balaban J connectivity index is 1.97. The molecule has 0 atom stereocenters. The summed E-state index contributed by atoms with van der Waals surface area (Å²) in [5.41, 5.74) is 6.62. The van der Waals surface area contributed by atoms with Crippen LogP contribution < -0.4 is 10.6 Å². The molecule has 1 spiro atoms. The number of hydrogen-bond donors (Lipinski definition) is 2. The zero-order valence-corrected chi connectivity index (χ0v) is 12.2. The molecule has 7 heteroatoms. The van der Waals surface area contributed by atoms with Crippen LogP contribution in [0.5, 0.6) is 0 Å². The number of anilines is 2. The van der Waals surface area contributed by atoms with Gasteiger partial charge in [0.05, 0.1) is 36.0 Å². The number of nitrogens with two attached hydrogens (primary N) is 1. The molecule has 6 nitrogen and oxygen atoms in total. The van der Waals surface area contributed by atoms with Crippen LogP contribution in [0.2, 0.25) is 5.02 Å². The summed E-state index contributed by atoms with van der Waals surface area (Å²) in [5.74, 6) is -1.69. The summed E-state index contributed by atoms with van der Waals surface area (Å²) in [6.07, 6.45) is 1.65. The van der Waals surface area contributed by atoms with Crippen molar-refractivity contribution < 1.29 is 19.4 Å². The number of carboxylic acid groups (broad SMARTS) is 1. The summed E-state index contributed by atoms with van der Waals surface area (Å²) in [4.78, 5) is 13.4. The van der Waals surface area contributed by atoms with Gasteiger partial charge in [0.2, 0.25) is 0 Å². The van der Waals surface area contributed by atoms with Crippen molar-refractivity contribution in [1.29, 1.82) is 0 Å². The average molecular weight is 313 g/mol. The van der Waals surface area contributed by atoms with Gasteiger partial charge in [-0.1, -0.05) is 11.6 Å². The molecule has 2 heterocycles. The number of halogens is 1. The molecule has 21 heavy (non-hydrogen) atoms. The number of ether oxygens (including phenoxy) is 2. The quantitative estimate of drug-likeness (QED) is 0.812. The van der Waals surface area contributed by atoms with Gasteiger partial charge in [-0.25, -0.2) is 4.79 Å². The Morgan fingerprint density at radius 2 is 2.10 bits per heavy atom. The molecular formula is C14H17ClN2O4. The zero-order chi connectivity index (χ0) is 15.0. The highest BCUT2D eigenvalue weighted by Crippen LogP contribution is 2.38. The summed E-state index contributed by atoms with van der Waals surface area (Å²) in [7, 11) is 0. The third-order valence-electron chi connectivity index (χ3n) is 3.86. The summed E-state index contributed by atoms with van der Waals surface area (Å²) < 4.78 is 11.4. The highest BCUT2D eigenvalue weighted by Gasteiger charge is 2.41. The SMILES string of the molecule is Nc1cc(Cl)c(N2CCCC3(C2)OCCO3)c(C(=O)O)c1. The van der Waals surface area contributed by atoms with E-state index < -0.39 is 11.8 Å². The van der Waals surface area contributed by atoms with Crippen LogP contribution in [0.4, 0.5) is 11.4 Å². The maximum absolute atomic E-state index is 11.5. The van der Waals surface area contributed by atoms with Gasteiger partial charge in [0.25, 0.3) is 0 Å². The van der Waals surface area contributed by atoms with E-state index in [9.17, 15) is 9.90 Å². The zero-order valence-electron chi connectivity index (χ0n) is 11.5. The van der Waals surface area contributed by atoms with E-state index in [-0.39, 0.29) is 5.56 Å². The number of carboxylic acids is 1. The van der Waals surface area contributed by atoms with Crippen LogP contribution in [-0.2, 0) is 9.47 Å². The largest absolute Gasteiger partial charge is 0.478 e. The minimum Gasteiger partial charge on any atom is -0.478 e. The minimum atomic E-state index is -1.05. The molecule has 0 aromatic heterocycles. The first-order chi connectivity index (χ1) is 10.0. The van der Waals surface area contributed by atoms with Gasteiger partial charge in [0, 0.05) is 18.7 Å². The summed E-state index contributed by atoms with van der Waals surface area (Å²) >= 11 is 6.24. The third kappa shape index (κ3) is 2.66. The summed E-state index contributed by atoms with van der Waals surface area (Å²) in [6, 6.07) is 3.00. The standard InChI is InChI=1S/C14H17ClN2O4/c15-11-7-9(16)6-10(13(18)19)12(11)17-3-1-2-14(8-17)20-4-5-21-14/h6-7H,1-5,8,16H2,(H,18,19). The minimum absolute atomic E-state index is 0.107. The first-order valence-electron chi connectivity index (χ1n) is 6.86. The van der Waals surface area contributed by atoms with E-state index in [0.717, 1.165) is 12.8 Å². The fourth-order valence-corrected chi connectivity index (χ4v) is 3.36. The van der Waals surface area contributed by atoms with Crippen molar-refractivity contribution in [3.05, 3.63) is 22.7 Å². The Morgan fingerprint density at radius 1 is 1.38 bits per heavy atom. The first-order valence-corrected chi connectivity index (χ1v) is 7.24. The van der Waals surface area contributed by atoms with Crippen LogP contribution >= 0.6 is 11.6 Å². The highest BCUT2D eigenvalue weighted by atomic mass is 35.5. The van der Waals surface area contributed by atoms with Crippen LogP contribution in [0.3, 0.4) is 0 Å². The van der Waals surface area contributed by atoms with Crippen molar-refractivity contribution in [3.63, 3.8) is 0 Å². The van der Waals surface area contributed by atoms with E-state index >= 15 is 0 Å². The van der Waals surface area contributed by atoms with Crippen LogP contribution in [0, 0.1) is 0 Å². The summed E-state index contributed by atoms with van der Waals surface area (Å²) in [5, 5.41) is 9.73. The number of piperidine rings is 1. The Hall–Kier alpha value is -1.50. The number of nitrogens with zero attached hydrogens (tertiary/aromatic N) is 1. The van der Waals surface area contributed by atoms with Gasteiger partial charge in [-0.3, -0.25) is 0 Å². The van der Waals surface area contributed by atoms with Crippen molar-refractivity contribution in [2.24, 2.45) is 0 Å². The van der Waals surface area contributed by atoms with Crippen molar-refractivity contribution in [1.82, 2.24) is 0 Å². The Morgan fingerprint density at radius 3 is 2.76 bits per heavy atom. The second-order valence-corrected chi connectivity index (χ2v) is 5.74. The third-order valence-corrected chi connectivity index (χ3v) is 4.15. The number of rotatable bonds is 2. The predicted octanol–water partition coefficient (Wildman–Crippen LogP) is 1.96. The molecule has 2 saturated heterocycles. The number of benzene rings is 1. The van der Waals surface area contributed by atoms with E-state index in [2.05, 4.69) is 0 Å². The van der Waals surface area contributed by atoms with Gasteiger partial charge in [-0.15, -0.1) is 0 Å². The Kier molecular flexibility index (Phi) is 3.69. The molecule has 3 rings (SSSR count). The first kappa shape index (κ1) is 14.4. The molecule has 2 fully saturated rings. The van der Waals surface area contributed by atoms with E-state index in [1.165, 1.54) is 6.07 Å². The van der Waals surface area contributed by atoms with Crippen molar-refractivity contribution in [2.75, 3.05) is 36.9 Å². The van der Waals surface area contributed by atoms with Crippen LogP contribution in [-0.4, -0.2) is 43.2 Å². The molecular weight excluding hydrogens is 296 g/mol. The van der Waals surface area contributed by atoms with E-state index in [4.69, 9.17) is 26.8 Å². The second kappa shape index (κ2) is 5.36. The number of carbonyl (C=O) groups is 1. The molecule has 1 aromatic carbocycles. The molecule has 0 radical (unpaired) electrons. The van der Waals surface area contributed by atoms with Crippen molar-refractivity contribution in [2.45, 2.75) is 18.6 Å². The molecule has 0 aliphatic carbocycles. The molecule has 1 aromatic rings. The fourth-order valence-electron chi connectivity index (χ4n) is 3.02. The number of aromatic carboxylic acids is 1. The van der Waals surface area contributed by atoms with Crippen LogP contribution in [0.15, 0.2) is 12.1 Å². The monoisotopic (exact) mass is 312 g/mol. The Labute approximate surface area is 127 Å². The van der Waals surface area contributed by atoms with Crippen LogP contribution in [0.25, 0.3) is 0 Å². The molecule has 0 bridgehead atoms. The maximum atomic E-state index is 11.5. The molecule has 0 saturated carbocycles. The average Bonchev–Trinajstić information content (AvgIpc) is 2.85. The maximum Gasteiger partial charge on any atom is 0.337 e. The lowest BCUT2D eigenvalue weighted by Crippen LogP contribution is -2.49. The van der Waals surface area contributed by atoms with Crippen molar-refractivity contribution in [3.8, 4) is 0 Å². The number of hydrogen-bond acceptors (Lipinski definition) is 5. The lowest BCUT2D eigenvalue weighted by Gasteiger charge is -2.40. The summed E-state index contributed by atoms with van der Waals surface area (Å²) in [6.45, 7) is 2.31. The van der Waals surface area contributed by atoms with Gasteiger partial charge in [0.1, 0.15) is 0 Å². The van der Waals surface area contributed by atoms with Gasteiger partial charge in [0.15, 0.2) is 5.79 Å². The molecule has 0 unspecified atom stereocenters. The molecule has 2 aliphatic heterocycles. The smallest absolute Gasteiger partial charge is 0.337 e. The molecule has 3 N–H and O–H groups in total. The van der Waals surface area contributed by atoms with Gasteiger partial charge in [-0.2, -0.15) is 0 Å². The van der Waals surface area contributed by atoms with Gasteiger partial charge in [-0.05, 0) is 18.6 Å². The Bertz CT molecular complexity index is 572. The van der Waals surface area contributed by atoms with Gasteiger partial charge < -0.3 is 25.2 Å². The van der Waals surface area contributed by atoms with Crippen LogP contribution in [0.1, 0.15) is 23.2 Å². The topological polar surface area (TPSA) is 85.0 Å². The lowest BCUT2D eigenvalue weighted by molar-refractivity contribution is -0.161.